The highest BCUT2D eigenvalue weighted by molar-refractivity contribution is 4.82. The summed E-state index contributed by atoms with van der Waals surface area (Å²) in [6, 6.07) is 0.730. The minimum Gasteiger partial charge on any atom is -0.372 e. The van der Waals surface area contributed by atoms with E-state index in [9.17, 15) is 0 Å². The van der Waals surface area contributed by atoms with Crippen LogP contribution < -0.4 is 5.32 Å². The van der Waals surface area contributed by atoms with E-state index >= 15 is 0 Å². The minimum atomic E-state index is 0.439. The monoisotopic (exact) mass is 255 g/mol. The summed E-state index contributed by atoms with van der Waals surface area (Å²) < 4.78 is 6.08. The average molecular weight is 255 g/mol. The number of hydrogen-bond donors (Lipinski definition) is 1. The number of likely N-dealkylation sites (tertiary alicyclic amines) is 1. The fraction of sp³-hybridized carbons (Fsp3) is 1.00. The third-order valence-electron chi connectivity index (χ3n) is 4.30. The Kier molecular flexibility index (Phi) is 5.42. The molecule has 2 aliphatic heterocycles. The molecule has 0 aromatic carbocycles. The van der Waals surface area contributed by atoms with Gasteiger partial charge in [-0.15, -0.1) is 0 Å². The zero-order valence-corrected chi connectivity index (χ0v) is 12.2. The predicted octanol–water partition coefficient (Wildman–Crippen LogP) is 0.779. The summed E-state index contributed by atoms with van der Waals surface area (Å²) in [6.07, 6.45) is 6.03. The molecule has 18 heavy (non-hydrogen) atoms. The van der Waals surface area contributed by atoms with E-state index in [1.807, 2.05) is 7.05 Å². The van der Waals surface area contributed by atoms with Crippen molar-refractivity contribution in [3.8, 4) is 0 Å². The number of hydrogen-bond acceptors (Lipinski definition) is 4. The first kappa shape index (κ1) is 14.3. The molecule has 0 spiro atoms. The van der Waals surface area contributed by atoms with Crippen LogP contribution in [0.15, 0.2) is 0 Å². The van der Waals surface area contributed by atoms with Crippen LogP contribution in [-0.4, -0.2) is 75.4 Å². The lowest BCUT2D eigenvalue weighted by Crippen LogP contribution is -2.47. The van der Waals surface area contributed by atoms with Crippen molar-refractivity contribution in [2.24, 2.45) is 0 Å². The van der Waals surface area contributed by atoms with Crippen molar-refractivity contribution in [2.75, 3.05) is 47.3 Å². The Balaban J connectivity index is 1.73. The Morgan fingerprint density at radius 1 is 1.22 bits per heavy atom. The molecule has 0 bridgehead atoms. The molecule has 4 heteroatoms. The molecule has 0 saturated carbocycles. The molecule has 106 valence electrons. The molecular weight excluding hydrogens is 226 g/mol. The first-order valence-corrected chi connectivity index (χ1v) is 7.38. The summed E-state index contributed by atoms with van der Waals surface area (Å²) in [5, 5.41) is 3.21. The Morgan fingerprint density at radius 3 is 2.72 bits per heavy atom. The molecule has 1 N–H and O–H groups in total. The van der Waals surface area contributed by atoms with Crippen LogP contribution in [0.1, 0.15) is 25.7 Å². The standard InChI is InChI=1S/C14H29N3O/c1-15-9-13-6-7-14(18-13)11-17-8-4-5-12(10-17)16(2)3/h12-15H,4-11H2,1-3H3. The molecule has 3 atom stereocenters. The van der Waals surface area contributed by atoms with Crippen LogP contribution in [-0.2, 0) is 4.74 Å². The Labute approximate surface area is 112 Å². The number of rotatable bonds is 5. The van der Waals surface area contributed by atoms with Gasteiger partial charge in [0.2, 0.25) is 0 Å². The van der Waals surface area contributed by atoms with Crippen LogP contribution in [0.4, 0.5) is 0 Å². The van der Waals surface area contributed by atoms with Crippen LogP contribution in [0.2, 0.25) is 0 Å². The Hall–Kier alpha value is -0.160. The lowest BCUT2D eigenvalue weighted by atomic mass is 10.0. The van der Waals surface area contributed by atoms with Gasteiger partial charge in [-0.3, -0.25) is 4.90 Å². The van der Waals surface area contributed by atoms with E-state index in [4.69, 9.17) is 4.74 Å². The first-order chi connectivity index (χ1) is 8.69. The van der Waals surface area contributed by atoms with E-state index in [0.29, 0.717) is 12.2 Å². The molecule has 0 radical (unpaired) electrons. The topological polar surface area (TPSA) is 27.7 Å². The van der Waals surface area contributed by atoms with Gasteiger partial charge >= 0.3 is 0 Å². The number of nitrogens with zero attached hydrogens (tertiary/aromatic N) is 2. The molecule has 0 amide bonds. The molecule has 0 aromatic heterocycles. The van der Waals surface area contributed by atoms with Gasteiger partial charge in [-0.2, -0.15) is 0 Å². The second-order valence-corrected chi connectivity index (χ2v) is 6.03. The summed E-state index contributed by atoms with van der Waals surface area (Å²) >= 11 is 0. The summed E-state index contributed by atoms with van der Waals surface area (Å²) in [6.45, 7) is 4.59. The maximum Gasteiger partial charge on any atom is 0.0707 e. The highest BCUT2D eigenvalue weighted by Gasteiger charge is 2.28. The fourth-order valence-corrected chi connectivity index (χ4v) is 3.20. The van der Waals surface area contributed by atoms with Gasteiger partial charge in [0, 0.05) is 25.7 Å². The number of nitrogens with one attached hydrogen (secondary N) is 1. The molecule has 0 aromatic rings. The molecule has 0 aliphatic carbocycles. The predicted molar refractivity (Wildman–Crippen MR) is 75.0 cm³/mol. The van der Waals surface area contributed by atoms with Crippen molar-refractivity contribution in [3.63, 3.8) is 0 Å². The third kappa shape index (κ3) is 3.92. The van der Waals surface area contributed by atoms with Gasteiger partial charge in [0.15, 0.2) is 0 Å². The van der Waals surface area contributed by atoms with Gasteiger partial charge in [-0.1, -0.05) is 0 Å². The van der Waals surface area contributed by atoms with E-state index in [0.717, 1.165) is 19.1 Å². The Bertz CT molecular complexity index is 247. The van der Waals surface area contributed by atoms with E-state index in [-0.39, 0.29) is 0 Å². The van der Waals surface area contributed by atoms with Crippen molar-refractivity contribution < 1.29 is 4.74 Å². The zero-order valence-electron chi connectivity index (χ0n) is 12.2. The summed E-state index contributed by atoms with van der Waals surface area (Å²) in [5.74, 6) is 0. The van der Waals surface area contributed by atoms with Crippen LogP contribution in [0, 0.1) is 0 Å². The largest absolute Gasteiger partial charge is 0.372 e. The fourth-order valence-electron chi connectivity index (χ4n) is 3.20. The summed E-state index contributed by atoms with van der Waals surface area (Å²) in [4.78, 5) is 4.96. The highest BCUT2D eigenvalue weighted by Crippen LogP contribution is 2.22. The molecule has 2 rings (SSSR count). The smallest absolute Gasteiger partial charge is 0.0707 e. The number of ether oxygens (including phenoxy) is 1. The molecule has 2 fully saturated rings. The highest BCUT2D eigenvalue weighted by atomic mass is 16.5. The molecule has 3 unspecified atom stereocenters. The maximum absolute atomic E-state index is 6.08. The third-order valence-corrected chi connectivity index (χ3v) is 4.30. The van der Waals surface area contributed by atoms with Crippen molar-refractivity contribution in [1.29, 1.82) is 0 Å². The van der Waals surface area contributed by atoms with Crippen molar-refractivity contribution in [2.45, 2.75) is 43.9 Å². The van der Waals surface area contributed by atoms with E-state index in [1.54, 1.807) is 0 Å². The summed E-state index contributed by atoms with van der Waals surface area (Å²) in [7, 11) is 6.40. The molecule has 4 nitrogen and oxygen atoms in total. The second kappa shape index (κ2) is 6.85. The zero-order chi connectivity index (χ0) is 13.0. The van der Waals surface area contributed by atoms with Gasteiger partial charge in [0.25, 0.3) is 0 Å². The average Bonchev–Trinajstić information content (AvgIpc) is 2.77. The molecular formula is C14H29N3O. The van der Waals surface area contributed by atoms with Gasteiger partial charge in [-0.05, 0) is 53.4 Å². The first-order valence-electron chi connectivity index (χ1n) is 7.38. The molecule has 2 heterocycles. The van der Waals surface area contributed by atoms with Gasteiger partial charge < -0.3 is 15.0 Å². The van der Waals surface area contributed by atoms with E-state index in [2.05, 4.69) is 29.2 Å². The minimum absolute atomic E-state index is 0.439. The van der Waals surface area contributed by atoms with Gasteiger partial charge in [0.1, 0.15) is 0 Å². The number of likely N-dealkylation sites (N-methyl/N-ethyl adjacent to an activating group) is 2. The van der Waals surface area contributed by atoms with E-state index < -0.39 is 0 Å². The van der Waals surface area contributed by atoms with Gasteiger partial charge in [-0.25, -0.2) is 0 Å². The van der Waals surface area contributed by atoms with Crippen LogP contribution in [0.3, 0.4) is 0 Å². The summed E-state index contributed by atoms with van der Waals surface area (Å²) in [5.41, 5.74) is 0. The lowest BCUT2D eigenvalue weighted by molar-refractivity contribution is 0.0129. The SMILES string of the molecule is CNCC1CCC(CN2CCCC(N(C)C)C2)O1. The van der Waals surface area contributed by atoms with Crippen LogP contribution in [0.25, 0.3) is 0 Å². The Morgan fingerprint density at radius 2 is 2.00 bits per heavy atom. The van der Waals surface area contributed by atoms with Crippen LogP contribution in [0.5, 0.6) is 0 Å². The van der Waals surface area contributed by atoms with Crippen molar-refractivity contribution in [1.82, 2.24) is 15.1 Å². The molecule has 2 aliphatic rings. The second-order valence-electron chi connectivity index (χ2n) is 6.03. The van der Waals surface area contributed by atoms with Crippen LogP contribution >= 0.6 is 0 Å². The molecule has 2 saturated heterocycles. The van der Waals surface area contributed by atoms with Gasteiger partial charge in [0.05, 0.1) is 12.2 Å². The number of piperidine rings is 1. The van der Waals surface area contributed by atoms with E-state index in [1.165, 1.54) is 38.8 Å². The normalized spacial score (nSPS) is 34.3. The van der Waals surface area contributed by atoms with Crippen molar-refractivity contribution >= 4 is 0 Å². The van der Waals surface area contributed by atoms with Crippen molar-refractivity contribution in [3.05, 3.63) is 0 Å². The lowest BCUT2D eigenvalue weighted by Gasteiger charge is -2.37. The maximum atomic E-state index is 6.08. The quantitative estimate of drug-likeness (QED) is 0.786.